The molecule has 24 heavy (non-hydrogen) atoms. The van der Waals surface area contributed by atoms with Crippen LogP contribution in [0.25, 0.3) is 0 Å². The SMILES string of the molecule is Cc1ccc(S(=O)(=O)N(CC(N)=O)c2cc(Cl)c(Cl)cc2Cl)cc1. The zero-order valence-corrected chi connectivity index (χ0v) is 15.5. The van der Waals surface area contributed by atoms with E-state index in [9.17, 15) is 13.2 Å². The Labute approximate surface area is 155 Å². The third kappa shape index (κ3) is 3.95. The van der Waals surface area contributed by atoms with Crippen molar-refractivity contribution in [3.63, 3.8) is 0 Å². The van der Waals surface area contributed by atoms with Crippen LogP contribution >= 0.6 is 34.8 Å². The third-order valence-electron chi connectivity index (χ3n) is 3.17. The van der Waals surface area contributed by atoms with E-state index in [4.69, 9.17) is 40.5 Å². The fourth-order valence-electron chi connectivity index (χ4n) is 1.98. The number of sulfonamides is 1. The van der Waals surface area contributed by atoms with Gasteiger partial charge < -0.3 is 5.73 Å². The van der Waals surface area contributed by atoms with E-state index in [0.29, 0.717) is 0 Å². The zero-order chi connectivity index (χ0) is 18.1. The number of benzene rings is 2. The van der Waals surface area contributed by atoms with Crippen LogP contribution in [0.1, 0.15) is 5.56 Å². The summed E-state index contributed by atoms with van der Waals surface area (Å²) in [4.78, 5) is 11.4. The van der Waals surface area contributed by atoms with E-state index in [1.165, 1.54) is 24.3 Å². The van der Waals surface area contributed by atoms with Gasteiger partial charge in [-0.3, -0.25) is 9.10 Å². The highest BCUT2D eigenvalue weighted by molar-refractivity contribution is 7.92. The van der Waals surface area contributed by atoms with Gasteiger partial charge in [-0.05, 0) is 31.2 Å². The Morgan fingerprint density at radius 2 is 1.58 bits per heavy atom. The molecule has 2 aromatic carbocycles. The summed E-state index contributed by atoms with van der Waals surface area (Å²) in [5, 5.41) is 0.295. The Kier molecular flexibility index (Phi) is 5.65. The van der Waals surface area contributed by atoms with Gasteiger partial charge >= 0.3 is 0 Å². The van der Waals surface area contributed by atoms with E-state index in [0.717, 1.165) is 9.87 Å². The molecule has 0 saturated carbocycles. The lowest BCUT2D eigenvalue weighted by molar-refractivity contribution is -0.116. The van der Waals surface area contributed by atoms with Crippen LogP contribution in [-0.2, 0) is 14.8 Å². The molecule has 128 valence electrons. The molecule has 0 radical (unpaired) electrons. The molecule has 9 heteroatoms. The Bertz CT molecular complexity index is 884. The van der Waals surface area contributed by atoms with Crippen molar-refractivity contribution in [1.29, 1.82) is 0 Å². The fraction of sp³-hybridized carbons (Fsp3) is 0.133. The molecule has 0 unspecified atom stereocenters. The normalized spacial score (nSPS) is 11.3. The number of hydrogen-bond acceptors (Lipinski definition) is 3. The van der Waals surface area contributed by atoms with Crippen molar-refractivity contribution in [2.75, 3.05) is 10.8 Å². The monoisotopic (exact) mass is 406 g/mol. The largest absolute Gasteiger partial charge is 0.368 e. The molecule has 0 aliphatic heterocycles. The number of carbonyl (C=O) groups is 1. The topological polar surface area (TPSA) is 80.5 Å². The second kappa shape index (κ2) is 7.19. The maximum Gasteiger partial charge on any atom is 0.264 e. The minimum atomic E-state index is -4.07. The lowest BCUT2D eigenvalue weighted by Crippen LogP contribution is -2.38. The summed E-state index contributed by atoms with van der Waals surface area (Å²) in [6, 6.07) is 8.74. The van der Waals surface area contributed by atoms with Gasteiger partial charge in [-0.25, -0.2) is 8.42 Å². The molecule has 1 amide bonds. The van der Waals surface area contributed by atoms with Crippen LogP contribution in [0.5, 0.6) is 0 Å². The van der Waals surface area contributed by atoms with Gasteiger partial charge in [0, 0.05) is 0 Å². The number of amides is 1. The number of carbonyl (C=O) groups excluding carboxylic acids is 1. The molecule has 0 saturated heterocycles. The van der Waals surface area contributed by atoms with Gasteiger partial charge in [0.2, 0.25) is 5.91 Å². The van der Waals surface area contributed by atoms with Gasteiger partial charge in [0.1, 0.15) is 6.54 Å². The summed E-state index contributed by atoms with van der Waals surface area (Å²) in [6.45, 7) is 1.24. The molecule has 2 N–H and O–H groups in total. The molecule has 0 aliphatic rings. The molecule has 0 aromatic heterocycles. The van der Waals surface area contributed by atoms with Crippen LogP contribution in [0, 0.1) is 6.92 Å². The first-order valence-electron chi connectivity index (χ1n) is 6.65. The Morgan fingerprint density at radius 3 is 2.12 bits per heavy atom. The van der Waals surface area contributed by atoms with Crippen molar-refractivity contribution in [2.45, 2.75) is 11.8 Å². The van der Waals surface area contributed by atoms with Crippen molar-refractivity contribution in [2.24, 2.45) is 5.73 Å². The maximum absolute atomic E-state index is 12.9. The molecule has 2 rings (SSSR count). The van der Waals surface area contributed by atoms with Gasteiger partial charge in [-0.2, -0.15) is 0 Å². The molecular weight excluding hydrogens is 395 g/mol. The number of primary amides is 1. The second-order valence-corrected chi connectivity index (χ2v) is 8.09. The molecule has 0 atom stereocenters. The predicted molar refractivity (Wildman–Crippen MR) is 96.4 cm³/mol. The molecule has 0 fully saturated rings. The summed E-state index contributed by atoms with van der Waals surface area (Å²) in [7, 11) is -4.07. The van der Waals surface area contributed by atoms with Gasteiger partial charge in [0.05, 0.1) is 25.7 Å². The number of rotatable bonds is 5. The standard InChI is InChI=1S/C15H13Cl3N2O3S/c1-9-2-4-10(5-3-9)24(22,23)20(8-15(19)21)14-7-12(17)11(16)6-13(14)18/h2-7H,8H2,1H3,(H2,19,21). The minimum Gasteiger partial charge on any atom is -0.368 e. The first-order chi connectivity index (χ1) is 11.1. The lowest BCUT2D eigenvalue weighted by Gasteiger charge is -2.24. The predicted octanol–water partition coefficient (Wildman–Crippen LogP) is 3.64. The number of nitrogens with two attached hydrogens (primary N) is 1. The third-order valence-corrected chi connectivity index (χ3v) is 5.97. The number of anilines is 1. The van der Waals surface area contributed by atoms with Crippen LogP contribution < -0.4 is 10.0 Å². The highest BCUT2D eigenvalue weighted by Gasteiger charge is 2.28. The molecule has 0 aliphatic carbocycles. The maximum atomic E-state index is 12.9. The van der Waals surface area contributed by atoms with E-state index in [1.807, 2.05) is 6.92 Å². The summed E-state index contributed by atoms with van der Waals surface area (Å²) in [6.07, 6.45) is 0. The van der Waals surface area contributed by atoms with Crippen LogP contribution in [0.2, 0.25) is 15.1 Å². The second-order valence-electron chi connectivity index (χ2n) is 5.01. The quantitative estimate of drug-likeness (QED) is 0.768. The van der Waals surface area contributed by atoms with Gasteiger partial charge in [-0.1, -0.05) is 52.5 Å². The summed E-state index contributed by atoms with van der Waals surface area (Å²) in [5.74, 6) is -0.840. The smallest absolute Gasteiger partial charge is 0.264 e. The summed E-state index contributed by atoms with van der Waals surface area (Å²) in [5.41, 5.74) is 6.11. The minimum absolute atomic E-state index is 0.00325. The molecule has 5 nitrogen and oxygen atoms in total. The van der Waals surface area contributed by atoms with Crippen molar-refractivity contribution in [3.8, 4) is 0 Å². The molecular formula is C15H13Cl3N2O3S. The molecule has 0 bridgehead atoms. The number of hydrogen-bond donors (Lipinski definition) is 1. The highest BCUT2D eigenvalue weighted by atomic mass is 35.5. The molecule has 2 aromatic rings. The van der Waals surface area contributed by atoms with Crippen molar-refractivity contribution >= 4 is 56.4 Å². The lowest BCUT2D eigenvalue weighted by atomic mass is 10.2. The van der Waals surface area contributed by atoms with E-state index < -0.39 is 22.5 Å². The van der Waals surface area contributed by atoms with Crippen LogP contribution in [0.15, 0.2) is 41.3 Å². The summed E-state index contributed by atoms with van der Waals surface area (Å²) >= 11 is 17.9. The van der Waals surface area contributed by atoms with E-state index in [-0.39, 0.29) is 25.7 Å². The van der Waals surface area contributed by atoms with Crippen molar-refractivity contribution in [3.05, 3.63) is 57.0 Å². The molecule has 0 spiro atoms. The zero-order valence-electron chi connectivity index (χ0n) is 12.5. The van der Waals surface area contributed by atoms with Gasteiger partial charge in [0.15, 0.2) is 0 Å². The number of aryl methyl sites for hydroxylation is 1. The van der Waals surface area contributed by atoms with E-state index in [2.05, 4.69) is 0 Å². The molecule has 0 heterocycles. The van der Waals surface area contributed by atoms with Crippen molar-refractivity contribution < 1.29 is 13.2 Å². The van der Waals surface area contributed by atoms with Gasteiger partial charge in [-0.15, -0.1) is 0 Å². The first-order valence-corrected chi connectivity index (χ1v) is 9.22. The highest BCUT2D eigenvalue weighted by Crippen LogP contribution is 2.36. The van der Waals surface area contributed by atoms with Crippen molar-refractivity contribution in [1.82, 2.24) is 0 Å². The summed E-state index contributed by atoms with van der Waals surface area (Å²) < 4.78 is 26.6. The number of halogens is 3. The average molecular weight is 408 g/mol. The van der Waals surface area contributed by atoms with E-state index in [1.54, 1.807) is 12.1 Å². The Balaban J connectivity index is 2.63. The first kappa shape index (κ1) is 18.9. The Hall–Kier alpha value is -1.47. The average Bonchev–Trinajstić information content (AvgIpc) is 2.49. The van der Waals surface area contributed by atoms with E-state index >= 15 is 0 Å². The van der Waals surface area contributed by atoms with Crippen LogP contribution in [-0.4, -0.2) is 20.9 Å². The Morgan fingerprint density at radius 1 is 1.04 bits per heavy atom. The number of nitrogens with zero attached hydrogens (tertiary/aromatic N) is 1. The van der Waals surface area contributed by atoms with Crippen LogP contribution in [0.3, 0.4) is 0 Å². The fourth-order valence-corrected chi connectivity index (χ4v) is 4.12. The van der Waals surface area contributed by atoms with Crippen LogP contribution in [0.4, 0.5) is 5.69 Å². The van der Waals surface area contributed by atoms with Gasteiger partial charge in [0.25, 0.3) is 10.0 Å².